The highest BCUT2D eigenvalue weighted by atomic mass is 16.3. The van der Waals surface area contributed by atoms with Crippen LogP contribution in [0, 0.1) is 5.92 Å². The van der Waals surface area contributed by atoms with E-state index < -0.39 is 0 Å². The van der Waals surface area contributed by atoms with Crippen LogP contribution in [0.3, 0.4) is 0 Å². The molecule has 3 fully saturated rings. The number of nitrogens with one attached hydrogen (secondary N) is 1. The molecule has 0 aromatic rings. The van der Waals surface area contributed by atoms with Gasteiger partial charge in [-0.05, 0) is 64.2 Å². The minimum absolute atomic E-state index is 0.0183. The molecule has 3 rings (SSSR count). The number of aliphatic hydroxyl groups is 1. The van der Waals surface area contributed by atoms with Crippen molar-refractivity contribution >= 4 is 0 Å². The van der Waals surface area contributed by atoms with Gasteiger partial charge in [-0.25, -0.2) is 0 Å². The summed E-state index contributed by atoms with van der Waals surface area (Å²) in [5, 5.41) is 13.7. The molecule has 1 saturated heterocycles. The molecule has 3 nitrogen and oxygen atoms in total. The SMILES string of the molecule is CC1CCC(C)N(C2CCCC(CO)(NC3CC3)C2)C1. The van der Waals surface area contributed by atoms with E-state index in [1.807, 2.05) is 0 Å². The summed E-state index contributed by atoms with van der Waals surface area (Å²) in [6.45, 7) is 6.37. The average Bonchev–Trinajstić information content (AvgIpc) is 3.25. The molecule has 2 aliphatic carbocycles. The second kappa shape index (κ2) is 5.94. The molecule has 2 saturated carbocycles. The van der Waals surface area contributed by atoms with E-state index in [9.17, 15) is 5.11 Å². The third kappa shape index (κ3) is 3.20. The minimum atomic E-state index is 0.0183. The van der Waals surface area contributed by atoms with Crippen LogP contribution < -0.4 is 5.32 Å². The van der Waals surface area contributed by atoms with E-state index in [1.165, 1.54) is 45.1 Å². The first-order valence-electron chi connectivity index (χ1n) is 8.76. The molecule has 0 radical (unpaired) electrons. The number of aliphatic hydroxyl groups excluding tert-OH is 1. The maximum Gasteiger partial charge on any atom is 0.0613 e. The molecular formula is C17H32N2O. The van der Waals surface area contributed by atoms with E-state index in [0.717, 1.165) is 24.8 Å². The van der Waals surface area contributed by atoms with Crippen LogP contribution in [-0.4, -0.2) is 46.8 Å². The zero-order valence-electron chi connectivity index (χ0n) is 13.3. The molecule has 1 heterocycles. The fourth-order valence-electron chi connectivity index (χ4n) is 4.43. The molecule has 4 unspecified atom stereocenters. The van der Waals surface area contributed by atoms with E-state index in [-0.39, 0.29) is 5.54 Å². The summed E-state index contributed by atoms with van der Waals surface area (Å²) < 4.78 is 0. The Balaban J connectivity index is 1.66. The molecule has 0 aromatic heterocycles. The van der Waals surface area contributed by atoms with Crippen molar-refractivity contribution in [2.75, 3.05) is 13.2 Å². The highest BCUT2D eigenvalue weighted by Gasteiger charge is 2.42. The van der Waals surface area contributed by atoms with Crippen LogP contribution in [0.2, 0.25) is 0 Å². The van der Waals surface area contributed by atoms with Gasteiger partial charge < -0.3 is 10.4 Å². The third-order valence-corrected chi connectivity index (χ3v) is 5.84. The first kappa shape index (κ1) is 14.8. The fraction of sp³-hybridized carbons (Fsp3) is 1.00. The molecule has 0 amide bonds. The van der Waals surface area contributed by atoms with Crippen LogP contribution in [0.15, 0.2) is 0 Å². The number of likely N-dealkylation sites (tertiary alicyclic amines) is 1. The van der Waals surface area contributed by atoms with E-state index in [2.05, 4.69) is 24.1 Å². The number of hydrogen-bond acceptors (Lipinski definition) is 3. The average molecular weight is 280 g/mol. The Hall–Kier alpha value is -0.120. The third-order valence-electron chi connectivity index (χ3n) is 5.84. The summed E-state index contributed by atoms with van der Waals surface area (Å²) in [6, 6.07) is 2.10. The van der Waals surface area contributed by atoms with Crippen LogP contribution in [0.25, 0.3) is 0 Å². The molecule has 0 spiro atoms. The largest absolute Gasteiger partial charge is 0.394 e. The van der Waals surface area contributed by atoms with Gasteiger partial charge in [-0.2, -0.15) is 0 Å². The molecule has 2 N–H and O–H groups in total. The minimum Gasteiger partial charge on any atom is -0.394 e. The van der Waals surface area contributed by atoms with Gasteiger partial charge in [-0.1, -0.05) is 6.92 Å². The maximum absolute atomic E-state index is 9.97. The van der Waals surface area contributed by atoms with Crippen molar-refractivity contribution < 1.29 is 5.11 Å². The fourth-order valence-corrected chi connectivity index (χ4v) is 4.43. The topological polar surface area (TPSA) is 35.5 Å². The first-order chi connectivity index (χ1) is 9.62. The molecule has 0 aromatic carbocycles. The van der Waals surface area contributed by atoms with Gasteiger partial charge in [-0.15, -0.1) is 0 Å². The van der Waals surface area contributed by atoms with Crippen LogP contribution in [0.1, 0.15) is 65.2 Å². The van der Waals surface area contributed by atoms with Crippen molar-refractivity contribution in [3.63, 3.8) is 0 Å². The predicted octanol–water partition coefficient (Wildman–Crippen LogP) is 2.53. The molecular weight excluding hydrogens is 248 g/mol. The van der Waals surface area contributed by atoms with Gasteiger partial charge >= 0.3 is 0 Å². The van der Waals surface area contributed by atoms with Crippen molar-refractivity contribution in [1.29, 1.82) is 0 Å². The van der Waals surface area contributed by atoms with Crippen molar-refractivity contribution in [2.24, 2.45) is 5.92 Å². The smallest absolute Gasteiger partial charge is 0.0613 e. The normalized spacial score (nSPS) is 43.6. The van der Waals surface area contributed by atoms with Crippen molar-refractivity contribution in [3.05, 3.63) is 0 Å². The van der Waals surface area contributed by atoms with E-state index in [4.69, 9.17) is 0 Å². The number of rotatable bonds is 4. The molecule has 3 heteroatoms. The van der Waals surface area contributed by atoms with Crippen LogP contribution in [0.4, 0.5) is 0 Å². The monoisotopic (exact) mass is 280 g/mol. The number of piperidine rings is 1. The summed E-state index contributed by atoms with van der Waals surface area (Å²) in [4.78, 5) is 2.76. The Bertz CT molecular complexity index is 331. The summed E-state index contributed by atoms with van der Waals surface area (Å²) >= 11 is 0. The van der Waals surface area contributed by atoms with Crippen LogP contribution >= 0.6 is 0 Å². The summed E-state index contributed by atoms with van der Waals surface area (Å²) in [7, 11) is 0. The maximum atomic E-state index is 9.97. The van der Waals surface area contributed by atoms with Crippen molar-refractivity contribution in [2.45, 2.75) is 88.9 Å². The van der Waals surface area contributed by atoms with Gasteiger partial charge in [0.2, 0.25) is 0 Å². The zero-order chi connectivity index (χ0) is 14.2. The first-order valence-corrected chi connectivity index (χ1v) is 8.76. The summed E-state index contributed by atoms with van der Waals surface area (Å²) in [5.74, 6) is 0.841. The number of hydrogen-bond donors (Lipinski definition) is 2. The Kier molecular flexibility index (Phi) is 4.40. The Labute approximate surface area is 124 Å². The van der Waals surface area contributed by atoms with Gasteiger partial charge in [0.25, 0.3) is 0 Å². The predicted molar refractivity (Wildman–Crippen MR) is 82.8 cm³/mol. The summed E-state index contributed by atoms with van der Waals surface area (Å²) in [6.07, 6.45) is 10.3. The second-order valence-corrected chi connectivity index (χ2v) is 7.84. The summed E-state index contributed by atoms with van der Waals surface area (Å²) in [5.41, 5.74) is 0.0183. The van der Waals surface area contributed by atoms with E-state index >= 15 is 0 Å². The van der Waals surface area contributed by atoms with Gasteiger partial charge in [0, 0.05) is 30.2 Å². The van der Waals surface area contributed by atoms with Gasteiger partial charge in [-0.3, -0.25) is 4.90 Å². The lowest BCUT2D eigenvalue weighted by Crippen LogP contribution is -2.58. The lowest BCUT2D eigenvalue weighted by atomic mass is 9.77. The molecule has 20 heavy (non-hydrogen) atoms. The number of nitrogens with zero attached hydrogens (tertiary/aromatic N) is 1. The molecule has 0 bridgehead atoms. The lowest BCUT2D eigenvalue weighted by molar-refractivity contribution is 0.0148. The highest BCUT2D eigenvalue weighted by molar-refractivity contribution is 5.01. The van der Waals surface area contributed by atoms with E-state index in [0.29, 0.717) is 18.7 Å². The molecule has 116 valence electrons. The Morgan fingerprint density at radius 1 is 1.15 bits per heavy atom. The van der Waals surface area contributed by atoms with Gasteiger partial charge in [0.05, 0.1) is 6.61 Å². The quantitative estimate of drug-likeness (QED) is 0.830. The van der Waals surface area contributed by atoms with Crippen LogP contribution in [0.5, 0.6) is 0 Å². The van der Waals surface area contributed by atoms with Gasteiger partial charge in [0.15, 0.2) is 0 Å². The molecule has 3 aliphatic rings. The van der Waals surface area contributed by atoms with Gasteiger partial charge in [0.1, 0.15) is 0 Å². The Morgan fingerprint density at radius 3 is 2.65 bits per heavy atom. The van der Waals surface area contributed by atoms with Crippen molar-refractivity contribution in [3.8, 4) is 0 Å². The van der Waals surface area contributed by atoms with Crippen LogP contribution in [-0.2, 0) is 0 Å². The second-order valence-electron chi connectivity index (χ2n) is 7.84. The Morgan fingerprint density at radius 2 is 1.95 bits per heavy atom. The lowest BCUT2D eigenvalue weighted by Gasteiger charge is -2.49. The molecule has 1 aliphatic heterocycles. The highest BCUT2D eigenvalue weighted by Crippen LogP contribution is 2.37. The standard InChI is InChI=1S/C17H32N2O/c1-13-5-6-14(2)19(11-13)16-4-3-9-17(10-16,12-20)18-15-7-8-15/h13-16,18,20H,3-12H2,1-2H3. The zero-order valence-corrected chi connectivity index (χ0v) is 13.3. The molecule has 4 atom stereocenters. The van der Waals surface area contributed by atoms with E-state index in [1.54, 1.807) is 0 Å². The van der Waals surface area contributed by atoms with Crippen molar-refractivity contribution in [1.82, 2.24) is 10.2 Å².